The molecule has 6 heteroatoms. The molecule has 2 N–H and O–H groups in total. The highest BCUT2D eigenvalue weighted by atomic mass is 79.9. The van der Waals surface area contributed by atoms with Crippen molar-refractivity contribution >= 4 is 33.4 Å². The Labute approximate surface area is 150 Å². The maximum absolute atomic E-state index is 12.4. The van der Waals surface area contributed by atoms with Crippen LogP contribution in [0, 0.1) is 6.92 Å². The number of carbonyl (C=O) groups is 2. The van der Waals surface area contributed by atoms with Crippen LogP contribution in [0.3, 0.4) is 0 Å². The molecule has 0 atom stereocenters. The molecule has 2 rings (SSSR count). The van der Waals surface area contributed by atoms with Gasteiger partial charge in [-0.15, -0.1) is 0 Å². The fraction of sp³-hybridized carbons (Fsp3) is 0.278. The smallest absolute Gasteiger partial charge is 0.257 e. The molecule has 24 heavy (non-hydrogen) atoms. The maximum Gasteiger partial charge on any atom is 0.257 e. The van der Waals surface area contributed by atoms with E-state index in [1.54, 1.807) is 0 Å². The molecule has 0 saturated heterocycles. The Morgan fingerprint density at radius 2 is 1.67 bits per heavy atom. The number of anilines is 1. The molecule has 0 saturated carbocycles. The molecule has 0 spiro atoms. The number of rotatable bonds is 3. The zero-order chi connectivity index (χ0) is 17.9. The van der Waals surface area contributed by atoms with Crippen LogP contribution >= 0.6 is 15.9 Å². The quantitative estimate of drug-likeness (QED) is 0.834. The molecule has 5 nitrogen and oxygen atoms in total. The standard InChI is InChI=1S/C18H20BrN3O2/c1-11-5-6-15(14(19)7-11)21-16(23)12-8-13(10-20-9-12)17(24)22-18(2,3)4/h5-10H,1-4H3,(H,21,23)(H,22,24). The lowest BCUT2D eigenvalue weighted by atomic mass is 10.1. The largest absolute Gasteiger partial charge is 0.347 e. The molecular formula is C18H20BrN3O2. The SMILES string of the molecule is Cc1ccc(NC(=O)c2cncc(C(=O)NC(C)(C)C)c2)c(Br)c1. The van der Waals surface area contributed by atoms with Crippen molar-refractivity contribution in [2.75, 3.05) is 5.32 Å². The van der Waals surface area contributed by atoms with E-state index < -0.39 is 0 Å². The summed E-state index contributed by atoms with van der Waals surface area (Å²) < 4.78 is 0.797. The van der Waals surface area contributed by atoms with Gasteiger partial charge in [-0.05, 0) is 67.4 Å². The molecule has 0 fully saturated rings. The minimum absolute atomic E-state index is 0.263. The Bertz CT molecular complexity index is 782. The second-order valence-electron chi connectivity index (χ2n) is 6.60. The number of carbonyl (C=O) groups excluding carboxylic acids is 2. The van der Waals surface area contributed by atoms with Gasteiger partial charge in [0.1, 0.15) is 0 Å². The Morgan fingerprint density at radius 1 is 1.04 bits per heavy atom. The van der Waals surface area contributed by atoms with Crippen LogP contribution in [0.25, 0.3) is 0 Å². The van der Waals surface area contributed by atoms with Crippen molar-refractivity contribution in [1.29, 1.82) is 0 Å². The first-order chi connectivity index (χ1) is 11.2. The van der Waals surface area contributed by atoms with E-state index >= 15 is 0 Å². The molecule has 126 valence electrons. The van der Waals surface area contributed by atoms with E-state index in [0.717, 1.165) is 10.0 Å². The number of hydrogen-bond acceptors (Lipinski definition) is 3. The minimum Gasteiger partial charge on any atom is -0.347 e. The summed E-state index contributed by atoms with van der Waals surface area (Å²) in [4.78, 5) is 28.6. The third kappa shape index (κ3) is 4.89. The van der Waals surface area contributed by atoms with Crippen LogP contribution in [-0.2, 0) is 0 Å². The summed E-state index contributed by atoms with van der Waals surface area (Å²) in [5, 5.41) is 5.66. The Hall–Kier alpha value is -2.21. The Balaban J connectivity index is 2.18. The Morgan fingerprint density at radius 3 is 2.25 bits per heavy atom. The predicted molar refractivity (Wildman–Crippen MR) is 98.3 cm³/mol. The molecular weight excluding hydrogens is 370 g/mol. The van der Waals surface area contributed by atoms with Crippen LogP contribution in [0.15, 0.2) is 41.1 Å². The zero-order valence-electron chi connectivity index (χ0n) is 14.1. The molecule has 0 radical (unpaired) electrons. The van der Waals surface area contributed by atoms with Crippen molar-refractivity contribution in [2.45, 2.75) is 33.2 Å². The number of aryl methyl sites for hydroxylation is 1. The number of amides is 2. The highest BCUT2D eigenvalue weighted by Crippen LogP contribution is 2.24. The summed E-state index contributed by atoms with van der Waals surface area (Å²) in [7, 11) is 0. The van der Waals surface area contributed by atoms with E-state index in [9.17, 15) is 9.59 Å². The van der Waals surface area contributed by atoms with Crippen LogP contribution in [0.2, 0.25) is 0 Å². The Kier molecular flexibility index (Phi) is 5.39. The molecule has 2 amide bonds. The van der Waals surface area contributed by atoms with E-state index in [1.165, 1.54) is 18.5 Å². The maximum atomic E-state index is 12.4. The average Bonchev–Trinajstić information content (AvgIpc) is 2.48. The summed E-state index contributed by atoms with van der Waals surface area (Å²) in [5.74, 6) is -0.585. The normalized spacial score (nSPS) is 11.0. The summed E-state index contributed by atoms with van der Waals surface area (Å²) in [6.45, 7) is 7.65. The first-order valence-corrected chi connectivity index (χ1v) is 8.30. The minimum atomic E-state index is -0.359. The van der Waals surface area contributed by atoms with Crippen molar-refractivity contribution in [3.8, 4) is 0 Å². The van der Waals surface area contributed by atoms with E-state index in [1.807, 2.05) is 45.9 Å². The van der Waals surface area contributed by atoms with Crippen molar-refractivity contribution in [1.82, 2.24) is 10.3 Å². The number of aromatic nitrogens is 1. The van der Waals surface area contributed by atoms with Crippen LogP contribution in [-0.4, -0.2) is 22.3 Å². The molecule has 1 aromatic heterocycles. The second kappa shape index (κ2) is 7.13. The van der Waals surface area contributed by atoms with Crippen molar-refractivity contribution in [2.24, 2.45) is 0 Å². The fourth-order valence-electron chi connectivity index (χ4n) is 2.02. The molecule has 0 unspecified atom stereocenters. The molecule has 0 aliphatic heterocycles. The number of pyridine rings is 1. The van der Waals surface area contributed by atoms with Gasteiger partial charge in [0.15, 0.2) is 0 Å². The van der Waals surface area contributed by atoms with Gasteiger partial charge in [0.2, 0.25) is 0 Å². The van der Waals surface area contributed by atoms with Gasteiger partial charge in [-0.1, -0.05) is 6.07 Å². The second-order valence-corrected chi connectivity index (χ2v) is 7.46. The number of hydrogen-bond donors (Lipinski definition) is 2. The number of halogens is 1. The third-order valence-electron chi connectivity index (χ3n) is 3.12. The number of nitrogens with one attached hydrogen (secondary N) is 2. The number of nitrogens with zero attached hydrogens (tertiary/aromatic N) is 1. The third-order valence-corrected chi connectivity index (χ3v) is 3.78. The van der Waals surface area contributed by atoms with E-state index in [-0.39, 0.29) is 17.4 Å². The molecule has 0 aliphatic rings. The van der Waals surface area contributed by atoms with Crippen molar-refractivity contribution in [3.05, 3.63) is 57.8 Å². The van der Waals surface area contributed by atoms with Crippen LogP contribution in [0.5, 0.6) is 0 Å². The van der Waals surface area contributed by atoms with E-state index in [0.29, 0.717) is 16.8 Å². The van der Waals surface area contributed by atoms with E-state index in [2.05, 4.69) is 31.5 Å². The predicted octanol–water partition coefficient (Wildman–Crippen LogP) is 3.93. The van der Waals surface area contributed by atoms with Crippen LogP contribution < -0.4 is 10.6 Å². The van der Waals surface area contributed by atoms with Crippen LogP contribution in [0.1, 0.15) is 47.1 Å². The monoisotopic (exact) mass is 389 g/mol. The van der Waals surface area contributed by atoms with Crippen molar-refractivity contribution in [3.63, 3.8) is 0 Å². The first-order valence-electron chi connectivity index (χ1n) is 7.51. The summed E-state index contributed by atoms with van der Waals surface area (Å²) in [5.41, 5.74) is 2.06. The summed E-state index contributed by atoms with van der Waals surface area (Å²) in [6, 6.07) is 7.18. The van der Waals surface area contributed by atoms with Crippen LogP contribution in [0.4, 0.5) is 5.69 Å². The molecule has 0 bridgehead atoms. The van der Waals surface area contributed by atoms with Gasteiger partial charge in [0.05, 0.1) is 16.8 Å². The highest BCUT2D eigenvalue weighted by Gasteiger charge is 2.17. The fourth-order valence-corrected chi connectivity index (χ4v) is 2.61. The summed E-state index contributed by atoms with van der Waals surface area (Å²) in [6.07, 6.45) is 2.88. The topological polar surface area (TPSA) is 71.1 Å². The first kappa shape index (κ1) is 18.1. The lowest BCUT2D eigenvalue weighted by Gasteiger charge is -2.20. The lowest BCUT2D eigenvalue weighted by Crippen LogP contribution is -2.40. The van der Waals surface area contributed by atoms with Crippen molar-refractivity contribution < 1.29 is 9.59 Å². The van der Waals surface area contributed by atoms with Gasteiger partial charge in [0.25, 0.3) is 11.8 Å². The average molecular weight is 390 g/mol. The molecule has 1 heterocycles. The highest BCUT2D eigenvalue weighted by molar-refractivity contribution is 9.10. The van der Waals surface area contributed by atoms with E-state index in [4.69, 9.17) is 0 Å². The van der Waals surface area contributed by atoms with Gasteiger partial charge in [-0.3, -0.25) is 14.6 Å². The summed E-state index contributed by atoms with van der Waals surface area (Å²) >= 11 is 3.42. The number of benzene rings is 1. The molecule has 0 aliphatic carbocycles. The van der Waals surface area contributed by atoms with Gasteiger partial charge in [-0.2, -0.15) is 0 Å². The molecule has 2 aromatic rings. The van der Waals surface area contributed by atoms with Gasteiger partial charge in [0, 0.05) is 22.4 Å². The van der Waals surface area contributed by atoms with Gasteiger partial charge in [-0.25, -0.2) is 0 Å². The lowest BCUT2D eigenvalue weighted by molar-refractivity contribution is 0.0919. The molecule has 1 aromatic carbocycles. The van der Waals surface area contributed by atoms with Gasteiger partial charge >= 0.3 is 0 Å². The van der Waals surface area contributed by atoms with Gasteiger partial charge < -0.3 is 10.6 Å². The zero-order valence-corrected chi connectivity index (χ0v) is 15.7.